The monoisotopic (exact) mass is 343 g/mol. The lowest BCUT2D eigenvalue weighted by Crippen LogP contribution is -2.38. The van der Waals surface area contributed by atoms with Crippen LogP contribution in [-0.2, 0) is 16.0 Å². The molecule has 1 aliphatic heterocycles. The summed E-state index contributed by atoms with van der Waals surface area (Å²) in [6.07, 6.45) is 2.91. The van der Waals surface area contributed by atoms with Crippen molar-refractivity contribution in [2.24, 2.45) is 0 Å². The number of nitrogens with zero attached hydrogens (tertiary/aromatic N) is 1. The third kappa shape index (κ3) is 5.92. The Kier molecular flexibility index (Phi) is 8.20. The van der Waals surface area contributed by atoms with Crippen molar-refractivity contribution < 1.29 is 19.0 Å². The molecule has 0 bridgehead atoms. The van der Waals surface area contributed by atoms with Gasteiger partial charge in [-0.25, -0.2) is 0 Å². The first-order valence-corrected chi connectivity index (χ1v) is 7.73. The summed E-state index contributed by atoms with van der Waals surface area (Å²) in [5.41, 5.74) is 1.24. The Morgan fingerprint density at radius 3 is 2.39 bits per heavy atom. The topological polar surface area (TPSA) is 48.0 Å². The molecule has 0 radical (unpaired) electrons. The summed E-state index contributed by atoms with van der Waals surface area (Å²) < 4.78 is 15.8. The zero-order valence-corrected chi connectivity index (χ0v) is 14.9. The normalized spacial score (nSPS) is 15.6. The first kappa shape index (κ1) is 19.6. The summed E-state index contributed by atoms with van der Waals surface area (Å²) in [5, 5.41) is 0. The molecule has 1 aromatic rings. The number of carbonyl (C=O) groups excluding carboxylic acids is 1. The van der Waals surface area contributed by atoms with E-state index in [1.807, 2.05) is 12.1 Å². The number of hydrogen-bond acceptors (Lipinski definition) is 5. The van der Waals surface area contributed by atoms with Crippen molar-refractivity contribution in [3.8, 4) is 11.5 Å². The van der Waals surface area contributed by atoms with Gasteiger partial charge in [0.1, 0.15) is 6.10 Å². The number of likely N-dealkylation sites (tertiary alicyclic amines) is 1. The predicted molar refractivity (Wildman–Crippen MR) is 91.7 cm³/mol. The molecule has 0 unspecified atom stereocenters. The van der Waals surface area contributed by atoms with Gasteiger partial charge in [0, 0.05) is 26.6 Å². The zero-order valence-electron chi connectivity index (χ0n) is 14.0. The number of halogens is 1. The SMILES string of the molecule is COc1ccc(CCN2CCC(OC(C)=O)CC2)cc1OC.Cl. The summed E-state index contributed by atoms with van der Waals surface area (Å²) in [5.74, 6) is 1.35. The van der Waals surface area contributed by atoms with Crippen LogP contribution in [0.2, 0.25) is 0 Å². The minimum absolute atomic E-state index is 0. The molecule has 0 atom stereocenters. The standard InChI is InChI=1S/C17H25NO4.ClH/c1-13(19)22-15-7-10-18(11-8-15)9-6-14-4-5-16(20-2)17(12-14)21-3;/h4-5,12,15H,6-11H2,1-3H3;1H. The molecule has 0 aromatic heterocycles. The fourth-order valence-corrected chi connectivity index (χ4v) is 2.81. The molecule has 130 valence electrons. The van der Waals surface area contributed by atoms with Gasteiger partial charge in [-0.2, -0.15) is 0 Å². The van der Waals surface area contributed by atoms with Gasteiger partial charge in [0.25, 0.3) is 0 Å². The zero-order chi connectivity index (χ0) is 15.9. The number of ether oxygens (including phenoxy) is 3. The Labute approximate surface area is 144 Å². The van der Waals surface area contributed by atoms with E-state index in [4.69, 9.17) is 14.2 Å². The first-order valence-electron chi connectivity index (χ1n) is 7.73. The number of carbonyl (C=O) groups is 1. The second-order valence-corrected chi connectivity index (χ2v) is 5.59. The highest BCUT2D eigenvalue weighted by atomic mass is 35.5. The third-order valence-electron chi connectivity index (χ3n) is 4.03. The van der Waals surface area contributed by atoms with E-state index < -0.39 is 0 Å². The van der Waals surface area contributed by atoms with Crippen LogP contribution in [0.15, 0.2) is 18.2 Å². The van der Waals surface area contributed by atoms with Crippen LogP contribution in [0.3, 0.4) is 0 Å². The number of methoxy groups -OCH3 is 2. The van der Waals surface area contributed by atoms with Crippen LogP contribution in [0.5, 0.6) is 11.5 Å². The van der Waals surface area contributed by atoms with Crippen molar-refractivity contribution in [3.05, 3.63) is 23.8 Å². The fraction of sp³-hybridized carbons (Fsp3) is 0.588. The molecule has 0 aliphatic carbocycles. The molecule has 1 fully saturated rings. The highest BCUT2D eigenvalue weighted by molar-refractivity contribution is 5.85. The van der Waals surface area contributed by atoms with Gasteiger partial charge < -0.3 is 19.1 Å². The maximum Gasteiger partial charge on any atom is 0.302 e. The van der Waals surface area contributed by atoms with E-state index in [1.165, 1.54) is 12.5 Å². The van der Waals surface area contributed by atoms with Gasteiger partial charge in [0.05, 0.1) is 14.2 Å². The van der Waals surface area contributed by atoms with Crippen LogP contribution in [-0.4, -0.2) is 50.8 Å². The molecule has 0 amide bonds. The summed E-state index contributed by atoms with van der Waals surface area (Å²) in [6.45, 7) is 4.43. The molecule has 1 aromatic carbocycles. The molecule has 6 heteroatoms. The van der Waals surface area contributed by atoms with Crippen LogP contribution < -0.4 is 9.47 Å². The average Bonchev–Trinajstić information content (AvgIpc) is 2.53. The van der Waals surface area contributed by atoms with E-state index in [2.05, 4.69) is 11.0 Å². The molecule has 1 saturated heterocycles. The van der Waals surface area contributed by atoms with Crippen LogP contribution >= 0.6 is 12.4 Å². The van der Waals surface area contributed by atoms with E-state index in [0.29, 0.717) is 0 Å². The molecule has 23 heavy (non-hydrogen) atoms. The van der Waals surface area contributed by atoms with Crippen LogP contribution in [0.4, 0.5) is 0 Å². The molecular weight excluding hydrogens is 318 g/mol. The van der Waals surface area contributed by atoms with Gasteiger partial charge in [0.2, 0.25) is 0 Å². The van der Waals surface area contributed by atoms with Gasteiger partial charge in [-0.1, -0.05) is 6.07 Å². The molecule has 5 nitrogen and oxygen atoms in total. The third-order valence-corrected chi connectivity index (χ3v) is 4.03. The summed E-state index contributed by atoms with van der Waals surface area (Å²) >= 11 is 0. The summed E-state index contributed by atoms with van der Waals surface area (Å²) in [4.78, 5) is 13.4. The second kappa shape index (κ2) is 9.63. The number of hydrogen-bond donors (Lipinski definition) is 0. The van der Waals surface area contributed by atoms with Crippen LogP contribution in [0, 0.1) is 0 Å². The predicted octanol–water partition coefficient (Wildman–Crippen LogP) is 2.70. The van der Waals surface area contributed by atoms with E-state index >= 15 is 0 Å². The maximum atomic E-state index is 11.0. The Morgan fingerprint density at radius 2 is 1.83 bits per heavy atom. The lowest BCUT2D eigenvalue weighted by atomic mass is 10.1. The van der Waals surface area contributed by atoms with E-state index in [0.717, 1.165) is 50.4 Å². The van der Waals surface area contributed by atoms with Crippen LogP contribution in [0.25, 0.3) is 0 Å². The van der Waals surface area contributed by atoms with Gasteiger partial charge in [-0.15, -0.1) is 12.4 Å². The van der Waals surface area contributed by atoms with E-state index in [9.17, 15) is 4.79 Å². The number of esters is 1. The Balaban J connectivity index is 0.00000264. The molecule has 0 spiro atoms. The van der Waals surface area contributed by atoms with Crippen molar-refractivity contribution in [2.45, 2.75) is 32.3 Å². The summed E-state index contributed by atoms with van der Waals surface area (Å²) in [7, 11) is 3.30. The van der Waals surface area contributed by atoms with Crippen molar-refractivity contribution in [1.29, 1.82) is 0 Å². The minimum Gasteiger partial charge on any atom is -0.493 e. The van der Waals surface area contributed by atoms with Crippen LogP contribution in [0.1, 0.15) is 25.3 Å². The summed E-state index contributed by atoms with van der Waals surface area (Å²) in [6, 6.07) is 6.05. The minimum atomic E-state index is -0.177. The van der Waals surface area contributed by atoms with Crippen molar-refractivity contribution >= 4 is 18.4 Å². The second-order valence-electron chi connectivity index (χ2n) is 5.59. The van der Waals surface area contributed by atoms with Gasteiger partial charge >= 0.3 is 5.97 Å². The quantitative estimate of drug-likeness (QED) is 0.743. The molecule has 1 aliphatic rings. The van der Waals surface area contributed by atoms with Gasteiger partial charge in [-0.05, 0) is 37.0 Å². The Hall–Kier alpha value is -1.46. The largest absolute Gasteiger partial charge is 0.493 e. The van der Waals surface area contributed by atoms with Gasteiger partial charge in [-0.3, -0.25) is 4.79 Å². The van der Waals surface area contributed by atoms with Crippen molar-refractivity contribution in [2.75, 3.05) is 33.9 Å². The number of benzene rings is 1. The molecule has 0 saturated carbocycles. The average molecular weight is 344 g/mol. The molecule has 1 heterocycles. The lowest BCUT2D eigenvalue weighted by Gasteiger charge is -2.31. The number of piperidine rings is 1. The number of rotatable bonds is 6. The molecule has 0 N–H and O–H groups in total. The van der Waals surface area contributed by atoms with Crippen molar-refractivity contribution in [3.63, 3.8) is 0 Å². The Bertz CT molecular complexity index is 501. The molecular formula is C17H26ClNO4. The highest BCUT2D eigenvalue weighted by Crippen LogP contribution is 2.27. The van der Waals surface area contributed by atoms with E-state index in [1.54, 1.807) is 14.2 Å². The maximum absolute atomic E-state index is 11.0. The van der Waals surface area contributed by atoms with Gasteiger partial charge in [0.15, 0.2) is 11.5 Å². The first-order chi connectivity index (χ1) is 10.6. The van der Waals surface area contributed by atoms with Crippen molar-refractivity contribution in [1.82, 2.24) is 4.90 Å². The Morgan fingerprint density at radius 1 is 1.17 bits per heavy atom. The lowest BCUT2D eigenvalue weighted by molar-refractivity contribution is -0.148. The van der Waals surface area contributed by atoms with E-state index in [-0.39, 0.29) is 24.5 Å². The highest BCUT2D eigenvalue weighted by Gasteiger charge is 2.20. The smallest absolute Gasteiger partial charge is 0.302 e. The fourth-order valence-electron chi connectivity index (χ4n) is 2.81. The molecule has 2 rings (SSSR count).